The maximum Gasteiger partial charge on any atom is 1.20 e. The normalized spacial score (nSPS) is 11.9. The number of rotatable bonds is 12. The summed E-state index contributed by atoms with van der Waals surface area (Å²) in [4.78, 5) is 0. The summed E-state index contributed by atoms with van der Waals surface area (Å²) in [6.07, 6.45) is 4.17. The van der Waals surface area contributed by atoms with Crippen LogP contribution in [-0.4, -0.2) is 15.1 Å². The van der Waals surface area contributed by atoms with Gasteiger partial charge in [0.15, 0.2) is 0 Å². The van der Waals surface area contributed by atoms with Gasteiger partial charge in [0.2, 0.25) is 0 Å². The second kappa shape index (κ2) is 23.0. The Morgan fingerprint density at radius 2 is 0.537 bits per heavy atom. The summed E-state index contributed by atoms with van der Waals surface area (Å²) in [5.74, 6) is 2.49. The van der Waals surface area contributed by atoms with Crippen molar-refractivity contribution in [3.05, 3.63) is 248 Å². The van der Waals surface area contributed by atoms with Crippen LogP contribution in [0.25, 0.3) is 66.8 Å². The van der Waals surface area contributed by atoms with Crippen LogP contribution in [0.3, 0.4) is 0 Å². The summed E-state index contributed by atoms with van der Waals surface area (Å²) < 4.78 is 22.4. The Hall–Kier alpha value is -6.95. The molecule has 0 unspecified atom stereocenters. The van der Waals surface area contributed by atoms with Crippen LogP contribution in [-0.2, 0) is 0 Å². The molecule has 1 aliphatic carbocycles. The van der Waals surface area contributed by atoms with Gasteiger partial charge in [0.1, 0.15) is 17.2 Å². The Labute approximate surface area is 412 Å². The SMILES string of the molecule is CC1=C([O-])CCCC1.[Li+].c1ccc(-c2cccc(-c3ccccc3)c2[O][Al]([O]c2c(-c3ccccc3)cccc2-c2ccccc2)[O]c2c(-c3ccccc3)cccc2-c2ccccc2)cc1. The van der Waals surface area contributed by atoms with Crippen LogP contribution in [0.1, 0.15) is 32.6 Å². The average Bonchev–Trinajstić information content (AvgIpc) is 3.39. The standard InChI is InChI=1S/3C18H14O.C7H12O.Al.Li/c3*19-18-16(14-8-3-1-4-9-14)12-7-13-17(18)15-10-5-2-6-11-15;1-6-4-2-3-5-7(6)8;;/h3*1-13,19H;8H,2-5H2,1H3;;/q;;;;+3;+1/p-4. The van der Waals surface area contributed by atoms with Crippen LogP contribution >= 0.6 is 0 Å². The number of allylic oxidation sites excluding steroid dienone is 2. The van der Waals surface area contributed by atoms with Gasteiger partial charge >= 0.3 is 34.0 Å². The molecule has 1 aliphatic rings. The van der Waals surface area contributed by atoms with Crippen LogP contribution in [0.2, 0.25) is 0 Å². The Kier molecular flexibility index (Phi) is 16.0. The fourth-order valence-corrected chi connectivity index (χ4v) is 9.94. The van der Waals surface area contributed by atoms with Crippen molar-refractivity contribution in [1.82, 2.24) is 0 Å². The van der Waals surface area contributed by atoms with Gasteiger partial charge in [-0.1, -0.05) is 249 Å². The van der Waals surface area contributed by atoms with E-state index in [2.05, 4.69) is 200 Å². The molecule has 0 aromatic heterocycles. The first-order chi connectivity index (χ1) is 32.6. The smallest absolute Gasteiger partial charge is 0.875 e. The minimum absolute atomic E-state index is 0. The van der Waals surface area contributed by atoms with E-state index in [1.165, 1.54) is 6.42 Å². The molecule has 322 valence electrons. The zero-order valence-electron chi connectivity index (χ0n) is 38.1. The zero-order valence-corrected chi connectivity index (χ0v) is 39.2. The van der Waals surface area contributed by atoms with E-state index in [-0.39, 0.29) is 18.9 Å². The molecular formula is C61H50AlLiO4. The van der Waals surface area contributed by atoms with Crippen molar-refractivity contribution in [1.29, 1.82) is 0 Å². The van der Waals surface area contributed by atoms with Crippen molar-refractivity contribution in [2.75, 3.05) is 0 Å². The minimum Gasteiger partial charge on any atom is -0.875 e. The van der Waals surface area contributed by atoms with E-state index >= 15 is 0 Å². The second-order valence-corrected chi connectivity index (χ2v) is 17.6. The third-order valence-corrected chi connectivity index (χ3v) is 13.2. The molecule has 0 bridgehead atoms. The molecule has 0 saturated carbocycles. The van der Waals surface area contributed by atoms with Crippen LogP contribution in [0.15, 0.2) is 248 Å². The molecular weight excluding hydrogens is 831 g/mol. The topological polar surface area (TPSA) is 50.8 Å². The van der Waals surface area contributed by atoms with E-state index in [4.69, 9.17) is 11.4 Å². The van der Waals surface area contributed by atoms with E-state index in [1.807, 2.05) is 43.3 Å². The van der Waals surface area contributed by atoms with Crippen molar-refractivity contribution in [3.63, 3.8) is 0 Å². The summed E-state index contributed by atoms with van der Waals surface area (Å²) in [6.45, 7) is 1.95. The van der Waals surface area contributed by atoms with Crippen molar-refractivity contribution >= 4 is 15.1 Å². The summed E-state index contributed by atoms with van der Waals surface area (Å²) in [5, 5.41) is 10.8. The van der Waals surface area contributed by atoms with E-state index < -0.39 is 15.1 Å². The monoisotopic (exact) mass is 880 g/mol. The first-order valence-electron chi connectivity index (χ1n) is 22.7. The van der Waals surface area contributed by atoms with Gasteiger partial charge in [0, 0.05) is 33.4 Å². The van der Waals surface area contributed by atoms with E-state index in [9.17, 15) is 5.11 Å². The fourth-order valence-electron chi connectivity index (χ4n) is 8.45. The molecule has 0 radical (unpaired) electrons. The predicted molar refractivity (Wildman–Crippen MR) is 271 cm³/mol. The number of para-hydroxylation sites is 3. The van der Waals surface area contributed by atoms with Gasteiger partial charge in [0.25, 0.3) is 0 Å². The summed E-state index contributed by atoms with van der Waals surface area (Å²) in [5.41, 5.74) is 13.0. The van der Waals surface area contributed by atoms with Gasteiger partial charge < -0.3 is 16.5 Å². The van der Waals surface area contributed by atoms with Gasteiger partial charge in [-0.25, -0.2) is 0 Å². The maximum absolute atomic E-state index is 10.8. The molecule has 0 atom stereocenters. The summed E-state index contributed by atoms with van der Waals surface area (Å²) in [7, 11) is 0. The van der Waals surface area contributed by atoms with E-state index in [0.717, 1.165) is 91.6 Å². The summed E-state index contributed by atoms with van der Waals surface area (Å²) in [6, 6.07) is 81.2. The number of hydrogen-bond donors (Lipinski definition) is 0. The third-order valence-electron chi connectivity index (χ3n) is 11.9. The van der Waals surface area contributed by atoms with Crippen LogP contribution < -0.4 is 35.3 Å². The average molecular weight is 881 g/mol. The van der Waals surface area contributed by atoms with Gasteiger partial charge in [0.05, 0.1) is 0 Å². The third kappa shape index (κ3) is 11.4. The fraction of sp³-hybridized carbons (Fsp3) is 0.0820. The van der Waals surface area contributed by atoms with Gasteiger partial charge in [-0.2, -0.15) is 0 Å². The Bertz CT molecular complexity index is 2510. The van der Waals surface area contributed by atoms with Crippen molar-refractivity contribution in [2.45, 2.75) is 32.6 Å². The van der Waals surface area contributed by atoms with Crippen LogP contribution in [0.4, 0.5) is 0 Å². The molecule has 0 saturated heterocycles. The predicted octanol–water partition coefficient (Wildman–Crippen LogP) is 12.4. The molecule has 0 spiro atoms. The summed E-state index contributed by atoms with van der Waals surface area (Å²) >= 11 is -3.32. The molecule has 0 aliphatic heterocycles. The van der Waals surface area contributed by atoms with Crippen molar-refractivity contribution in [3.8, 4) is 84.0 Å². The first-order valence-corrected chi connectivity index (χ1v) is 24.1. The molecule has 0 amide bonds. The Morgan fingerprint density at radius 3 is 0.731 bits per heavy atom. The van der Waals surface area contributed by atoms with Gasteiger partial charge in [-0.05, 0) is 59.6 Å². The molecule has 6 heteroatoms. The molecule has 67 heavy (non-hydrogen) atoms. The van der Waals surface area contributed by atoms with Gasteiger partial charge in [-0.3, -0.25) is 0 Å². The van der Waals surface area contributed by atoms with Gasteiger partial charge in [-0.15, -0.1) is 5.76 Å². The molecule has 0 fully saturated rings. The van der Waals surface area contributed by atoms with E-state index in [1.54, 1.807) is 0 Å². The van der Waals surface area contributed by atoms with Crippen molar-refractivity contribution < 1.29 is 35.3 Å². The van der Waals surface area contributed by atoms with Crippen molar-refractivity contribution in [2.24, 2.45) is 0 Å². The molecule has 4 nitrogen and oxygen atoms in total. The number of benzene rings is 9. The molecule has 0 N–H and O–H groups in total. The number of hydrogen-bond acceptors (Lipinski definition) is 4. The molecule has 9 aromatic carbocycles. The van der Waals surface area contributed by atoms with Crippen LogP contribution in [0, 0.1) is 0 Å². The molecule has 0 heterocycles. The first kappa shape index (κ1) is 46.6. The second-order valence-electron chi connectivity index (χ2n) is 16.3. The zero-order chi connectivity index (χ0) is 44.9. The molecule has 9 aromatic rings. The van der Waals surface area contributed by atoms with E-state index in [0.29, 0.717) is 23.0 Å². The Balaban J connectivity index is 0.000000614. The minimum atomic E-state index is -3.32. The maximum atomic E-state index is 10.8. The largest absolute Gasteiger partial charge is 1.20 e. The Morgan fingerprint density at radius 1 is 0.313 bits per heavy atom. The molecule has 10 rings (SSSR count). The quantitative estimate of drug-likeness (QED) is 0.115. The van der Waals surface area contributed by atoms with Crippen LogP contribution in [0.5, 0.6) is 17.2 Å².